The number of halogens is 1. The van der Waals surface area contributed by atoms with Gasteiger partial charge in [-0.25, -0.2) is 0 Å². The number of rotatable bonds is 5. The van der Waals surface area contributed by atoms with Crippen molar-refractivity contribution in [2.45, 2.75) is 6.42 Å². The molecule has 108 valence electrons. The van der Waals surface area contributed by atoms with Crippen LogP contribution in [0.2, 0.25) is 5.28 Å². The topological polar surface area (TPSA) is 68.9 Å². The van der Waals surface area contributed by atoms with Gasteiger partial charge >= 0.3 is 0 Å². The molecule has 0 aliphatic carbocycles. The molecular weight excluding hydrogens is 288 g/mol. The normalized spacial score (nSPS) is 10.0. The Morgan fingerprint density at radius 1 is 1.10 bits per heavy atom. The summed E-state index contributed by atoms with van der Waals surface area (Å²) in [5.74, 6) is 0.906. The Bertz CT molecular complexity index is 638. The highest BCUT2D eigenvalue weighted by Crippen LogP contribution is 2.24. The highest BCUT2D eigenvalue weighted by Gasteiger charge is 2.15. The summed E-state index contributed by atoms with van der Waals surface area (Å²) in [5, 5.41) is 8.97. The van der Waals surface area contributed by atoms with Crippen molar-refractivity contribution < 1.29 is 0 Å². The van der Waals surface area contributed by atoms with Gasteiger partial charge < -0.3 is 9.80 Å². The lowest BCUT2D eigenvalue weighted by molar-refractivity contribution is 0.869. The van der Waals surface area contributed by atoms with Crippen LogP contribution in [0.5, 0.6) is 0 Å². The Labute approximate surface area is 128 Å². The third-order valence-corrected chi connectivity index (χ3v) is 2.91. The number of benzene rings is 1. The fraction of sp³-hybridized carbons (Fsp3) is 0.286. The number of anilines is 3. The lowest BCUT2D eigenvalue weighted by Crippen LogP contribution is -2.23. The Kier molecular flexibility index (Phi) is 4.90. The molecule has 0 saturated heterocycles. The van der Waals surface area contributed by atoms with Crippen LogP contribution in [0.25, 0.3) is 0 Å². The maximum absolute atomic E-state index is 8.84. The van der Waals surface area contributed by atoms with Crippen molar-refractivity contribution in [3.63, 3.8) is 0 Å². The first-order valence-electron chi connectivity index (χ1n) is 6.40. The van der Waals surface area contributed by atoms with Crippen LogP contribution in [-0.4, -0.2) is 35.6 Å². The highest BCUT2D eigenvalue weighted by atomic mass is 35.5. The van der Waals surface area contributed by atoms with Crippen molar-refractivity contribution >= 4 is 29.2 Å². The minimum atomic E-state index is 0.126. The van der Waals surface area contributed by atoms with E-state index in [9.17, 15) is 0 Å². The summed E-state index contributed by atoms with van der Waals surface area (Å²) in [6.07, 6.45) is 0.357. The van der Waals surface area contributed by atoms with Crippen molar-refractivity contribution in [3.8, 4) is 6.07 Å². The summed E-state index contributed by atoms with van der Waals surface area (Å²) in [4.78, 5) is 16.3. The second-order valence-corrected chi connectivity index (χ2v) is 4.83. The minimum absolute atomic E-state index is 0.126. The molecule has 0 amide bonds. The largest absolute Gasteiger partial charge is 0.347 e. The molecule has 0 radical (unpaired) electrons. The molecule has 1 heterocycles. The average Bonchev–Trinajstić information content (AvgIpc) is 2.48. The molecule has 1 aromatic carbocycles. The lowest BCUT2D eigenvalue weighted by Gasteiger charge is -2.22. The van der Waals surface area contributed by atoms with Gasteiger partial charge in [0.15, 0.2) is 0 Å². The Morgan fingerprint density at radius 3 is 2.38 bits per heavy atom. The Morgan fingerprint density at radius 2 is 1.76 bits per heavy atom. The van der Waals surface area contributed by atoms with E-state index in [0.717, 1.165) is 5.69 Å². The molecule has 2 aromatic rings. The first-order valence-corrected chi connectivity index (χ1v) is 6.78. The smallest absolute Gasteiger partial charge is 0.236 e. The third kappa shape index (κ3) is 3.80. The zero-order valence-electron chi connectivity index (χ0n) is 11.9. The van der Waals surface area contributed by atoms with E-state index in [4.69, 9.17) is 16.9 Å². The molecule has 0 unspecified atom stereocenters. The lowest BCUT2D eigenvalue weighted by atomic mass is 10.3. The van der Waals surface area contributed by atoms with Crippen molar-refractivity contribution in [1.29, 1.82) is 5.26 Å². The van der Waals surface area contributed by atoms with Crippen molar-refractivity contribution in [2.24, 2.45) is 0 Å². The standard InChI is InChI=1S/C14H15ClN6/c1-20(2)13-17-12(15)18-14(19-13)21(10-6-9-16)11-7-4-3-5-8-11/h3-5,7-8H,6,10H2,1-2H3. The van der Waals surface area contributed by atoms with Gasteiger partial charge in [-0.1, -0.05) is 18.2 Å². The molecule has 0 bridgehead atoms. The van der Waals surface area contributed by atoms with Gasteiger partial charge in [0.1, 0.15) is 0 Å². The van der Waals surface area contributed by atoms with Crippen LogP contribution in [0.4, 0.5) is 17.6 Å². The van der Waals surface area contributed by atoms with Gasteiger partial charge in [-0.05, 0) is 23.7 Å². The van der Waals surface area contributed by atoms with E-state index >= 15 is 0 Å². The predicted molar refractivity (Wildman–Crippen MR) is 82.8 cm³/mol. The molecule has 0 aliphatic rings. The molecule has 1 aromatic heterocycles. The first kappa shape index (κ1) is 15.0. The maximum atomic E-state index is 8.84. The van der Waals surface area contributed by atoms with Crippen molar-refractivity contribution in [3.05, 3.63) is 35.6 Å². The van der Waals surface area contributed by atoms with Crippen molar-refractivity contribution in [2.75, 3.05) is 30.4 Å². The van der Waals surface area contributed by atoms with Crippen LogP contribution in [0, 0.1) is 11.3 Å². The van der Waals surface area contributed by atoms with Crippen LogP contribution in [0.15, 0.2) is 30.3 Å². The van der Waals surface area contributed by atoms with E-state index in [1.54, 1.807) is 4.90 Å². The molecule has 0 saturated carbocycles. The summed E-state index contributed by atoms with van der Waals surface area (Å²) in [7, 11) is 3.66. The second kappa shape index (κ2) is 6.86. The number of aromatic nitrogens is 3. The Balaban J connectivity index is 2.44. The fourth-order valence-corrected chi connectivity index (χ4v) is 1.92. The van der Waals surface area contributed by atoms with E-state index in [0.29, 0.717) is 24.9 Å². The zero-order valence-corrected chi connectivity index (χ0v) is 12.6. The molecule has 0 atom stereocenters. The number of para-hydroxylation sites is 1. The number of nitrogens with zero attached hydrogens (tertiary/aromatic N) is 6. The van der Waals surface area contributed by atoms with Gasteiger partial charge in [0.05, 0.1) is 12.5 Å². The fourth-order valence-electron chi connectivity index (χ4n) is 1.76. The van der Waals surface area contributed by atoms with E-state index in [1.807, 2.05) is 49.3 Å². The zero-order chi connectivity index (χ0) is 15.2. The molecule has 0 spiro atoms. The molecule has 6 nitrogen and oxygen atoms in total. The molecule has 0 aliphatic heterocycles. The van der Waals surface area contributed by atoms with Gasteiger partial charge in [-0.3, -0.25) is 0 Å². The van der Waals surface area contributed by atoms with Crippen LogP contribution >= 0.6 is 11.6 Å². The Hall–Kier alpha value is -2.39. The van der Waals surface area contributed by atoms with Crippen LogP contribution in [0.1, 0.15) is 6.42 Å². The monoisotopic (exact) mass is 302 g/mol. The molecule has 0 N–H and O–H groups in total. The molecule has 21 heavy (non-hydrogen) atoms. The second-order valence-electron chi connectivity index (χ2n) is 4.49. The molecule has 2 rings (SSSR count). The number of hydrogen-bond donors (Lipinski definition) is 0. The summed E-state index contributed by atoms with van der Waals surface area (Å²) in [6, 6.07) is 11.8. The van der Waals surface area contributed by atoms with Crippen LogP contribution < -0.4 is 9.80 Å². The van der Waals surface area contributed by atoms with Gasteiger partial charge in [-0.2, -0.15) is 20.2 Å². The van der Waals surface area contributed by atoms with Crippen LogP contribution in [-0.2, 0) is 0 Å². The first-order chi connectivity index (χ1) is 10.1. The SMILES string of the molecule is CN(C)c1nc(Cl)nc(N(CCC#N)c2ccccc2)n1. The van der Waals surface area contributed by atoms with E-state index in [2.05, 4.69) is 21.0 Å². The van der Waals surface area contributed by atoms with E-state index < -0.39 is 0 Å². The molecule has 0 fully saturated rings. The summed E-state index contributed by atoms with van der Waals surface area (Å²) in [5.41, 5.74) is 0.903. The van der Waals surface area contributed by atoms with Gasteiger partial charge in [-0.15, -0.1) is 0 Å². The maximum Gasteiger partial charge on any atom is 0.236 e. The molecule has 7 heteroatoms. The number of nitriles is 1. The summed E-state index contributed by atoms with van der Waals surface area (Å²) in [6.45, 7) is 0.480. The average molecular weight is 303 g/mol. The molecular formula is C14H15ClN6. The van der Waals surface area contributed by atoms with E-state index in [1.165, 1.54) is 0 Å². The van der Waals surface area contributed by atoms with Gasteiger partial charge in [0, 0.05) is 26.3 Å². The summed E-state index contributed by atoms with van der Waals surface area (Å²) < 4.78 is 0. The van der Waals surface area contributed by atoms with Crippen molar-refractivity contribution in [1.82, 2.24) is 15.0 Å². The minimum Gasteiger partial charge on any atom is -0.347 e. The quantitative estimate of drug-likeness (QED) is 0.845. The predicted octanol–water partition coefficient (Wildman–Crippen LogP) is 2.64. The highest BCUT2D eigenvalue weighted by molar-refractivity contribution is 6.28. The summed E-state index contributed by atoms with van der Waals surface area (Å²) >= 11 is 5.98. The van der Waals surface area contributed by atoms with E-state index in [-0.39, 0.29) is 5.28 Å². The van der Waals surface area contributed by atoms with Gasteiger partial charge in [0.2, 0.25) is 17.2 Å². The van der Waals surface area contributed by atoms with Gasteiger partial charge in [0.25, 0.3) is 0 Å². The number of hydrogen-bond acceptors (Lipinski definition) is 6. The third-order valence-electron chi connectivity index (χ3n) is 2.74. The van der Waals surface area contributed by atoms with Crippen LogP contribution in [0.3, 0.4) is 0 Å².